The molecule has 0 spiro atoms. The van der Waals surface area contributed by atoms with E-state index in [2.05, 4.69) is 33.1 Å². The molecule has 1 aromatic rings. The van der Waals surface area contributed by atoms with Crippen LogP contribution < -0.4 is 5.32 Å². The van der Waals surface area contributed by atoms with E-state index in [1.807, 2.05) is 12.1 Å². The van der Waals surface area contributed by atoms with Gasteiger partial charge in [-0.1, -0.05) is 39.4 Å². The normalized spacial score (nSPS) is 9.19. The zero-order valence-electron chi connectivity index (χ0n) is 8.81. The van der Waals surface area contributed by atoms with E-state index in [1.54, 1.807) is 6.07 Å². The Hall–Kier alpha value is -0.980. The molecule has 4 heteroatoms. The third-order valence-corrected chi connectivity index (χ3v) is 2.58. The Labute approximate surface area is 109 Å². The summed E-state index contributed by atoms with van der Waals surface area (Å²) in [4.78, 5) is 10.6. The van der Waals surface area contributed by atoms with Gasteiger partial charge in [0.25, 0.3) is 0 Å². The summed E-state index contributed by atoms with van der Waals surface area (Å²) >= 11 is 9.32. The van der Waals surface area contributed by atoms with Crippen LogP contribution in [0.3, 0.4) is 0 Å². The Bertz CT molecular complexity index is 448. The number of hydrogen-bond donors (Lipinski definition) is 1. The smallest absolute Gasteiger partial charge is 0.216 e. The monoisotopic (exact) mass is 299 g/mol. The molecule has 0 fully saturated rings. The summed E-state index contributed by atoms with van der Waals surface area (Å²) in [5, 5.41) is 3.30. The van der Waals surface area contributed by atoms with E-state index in [1.165, 1.54) is 6.92 Å². The maximum Gasteiger partial charge on any atom is 0.216 e. The van der Waals surface area contributed by atoms with Gasteiger partial charge in [-0.2, -0.15) is 0 Å². The third kappa shape index (κ3) is 4.69. The Morgan fingerprint density at radius 3 is 2.94 bits per heavy atom. The highest BCUT2D eigenvalue weighted by Crippen LogP contribution is 2.20. The van der Waals surface area contributed by atoms with Crippen LogP contribution in [0.15, 0.2) is 22.7 Å². The second-order valence-electron chi connectivity index (χ2n) is 3.16. The fraction of sp³-hybridized carbons (Fsp3) is 0.250. The van der Waals surface area contributed by atoms with Gasteiger partial charge >= 0.3 is 0 Å². The zero-order chi connectivity index (χ0) is 12.0. The van der Waals surface area contributed by atoms with E-state index >= 15 is 0 Å². The molecule has 16 heavy (non-hydrogen) atoms. The van der Waals surface area contributed by atoms with Crippen LogP contribution in [0, 0.1) is 11.8 Å². The van der Waals surface area contributed by atoms with Crippen molar-refractivity contribution in [2.24, 2.45) is 0 Å². The van der Waals surface area contributed by atoms with Gasteiger partial charge in [-0.15, -0.1) is 0 Å². The molecule has 0 aliphatic heterocycles. The Morgan fingerprint density at radius 2 is 2.31 bits per heavy atom. The summed E-state index contributed by atoms with van der Waals surface area (Å²) in [6.07, 6.45) is 0.617. The number of nitrogens with one attached hydrogen (secondary N) is 1. The van der Waals surface area contributed by atoms with Gasteiger partial charge in [0, 0.05) is 29.9 Å². The summed E-state index contributed by atoms with van der Waals surface area (Å²) in [6.45, 7) is 2.05. The molecule has 0 aliphatic carbocycles. The Kier molecular flexibility index (Phi) is 5.37. The summed E-state index contributed by atoms with van der Waals surface area (Å²) in [7, 11) is 0. The van der Waals surface area contributed by atoms with E-state index < -0.39 is 0 Å². The van der Waals surface area contributed by atoms with E-state index in [9.17, 15) is 4.79 Å². The Morgan fingerprint density at radius 1 is 1.56 bits per heavy atom. The van der Waals surface area contributed by atoms with Crippen molar-refractivity contribution in [2.75, 3.05) is 6.54 Å². The van der Waals surface area contributed by atoms with Gasteiger partial charge in [0.2, 0.25) is 5.91 Å². The minimum atomic E-state index is -0.0384. The van der Waals surface area contributed by atoms with Crippen molar-refractivity contribution in [2.45, 2.75) is 13.3 Å². The number of carbonyl (C=O) groups excluding carboxylic acids is 1. The first kappa shape index (κ1) is 13.1. The molecule has 1 amide bonds. The number of carbonyl (C=O) groups is 1. The van der Waals surface area contributed by atoms with Gasteiger partial charge in [0.05, 0.1) is 5.02 Å². The SMILES string of the molecule is CC(=O)NCCC#Cc1ccc(Br)cc1Cl. The molecule has 0 aromatic heterocycles. The van der Waals surface area contributed by atoms with Crippen LogP contribution in [-0.2, 0) is 4.79 Å². The van der Waals surface area contributed by atoms with Gasteiger partial charge in [-0.05, 0) is 18.2 Å². The lowest BCUT2D eigenvalue weighted by molar-refractivity contribution is -0.118. The molecule has 0 aliphatic rings. The van der Waals surface area contributed by atoms with Gasteiger partial charge in [-0.3, -0.25) is 4.79 Å². The van der Waals surface area contributed by atoms with Crippen LogP contribution in [-0.4, -0.2) is 12.5 Å². The minimum absolute atomic E-state index is 0.0384. The van der Waals surface area contributed by atoms with Crippen LogP contribution in [0.5, 0.6) is 0 Å². The predicted octanol–water partition coefficient (Wildman–Crippen LogP) is 2.98. The second-order valence-corrected chi connectivity index (χ2v) is 4.48. The van der Waals surface area contributed by atoms with Gasteiger partial charge in [-0.25, -0.2) is 0 Å². The average molecular weight is 301 g/mol. The van der Waals surface area contributed by atoms with Crippen molar-refractivity contribution in [3.05, 3.63) is 33.3 Å². The van der Waals surface area contributed by atoms with Crippen LogP contribution >= 0.6 is 27.5 Å². The fourth-order valence-electron chi connectivity index (χ4n) is 1.05. The molecule has 0 saturated heterocycles. The van der Waals surface area contributed by atoms with E-state index in [4.69, 9.17) is 11.6 Å². The molecular formula is C12H11BrClNO. The molecule has 0 unspecified atom stereocenters. The molecule has 1 rings (SSSR count). The topological polar surface area (TPSA) is 29.1 Å². The van der Waals surface area contributed by atoms with Crippen LogP contribution in [0.25, 0.3) is 0 Å². The highest BCUT2D eigenvalue weighted by molar-refractivity contribution is 9.10. The largest absolute Gasteiger partial charge is 0.355 e. The summed E-state index contributed by atoms with van der Waals surface area (Å²) in [5.41, 5.74) is 0.799. The van der Waals surface area contributed by atoms with Crippen molar-refractivity contribution >= 4 is 33.4 Å². The zero-order valence-corrected chi connectivity index (χ0v) is 11.2. The lowest BCUT2D eigenvalue weighted by atomic mass is 10.2. The highest BCUT2D eigenvalue weighted by Gasteiger charge is 1.96. The number of amides is 1. The highest BCUT2D eigenvalue weighted by atomic mass is 79.9. The molecule has 0 saturated carbocycles. The third-order valence-electron chi connectivity index (χ3n) is 1.78. The van der Waals surface area contributed by atoms with E-state index in [-0.39, 0.29) is 5.91 Å². The van der Waals surface area contributed by atoms with Crippen LogP contribution in [0.1, 0.15) is 18.9 Å². The fourth-order valence-corrected chi connectivity index (χ4v) is 1.77. The van der Waals surface area contributed by atoms with Crippen LogP contribution in [0.2, 0.25) is 5.02 Å². The molecule has 0 atom stereocenters. The molecular weight excluding hydrogens is 289 g/mol. The predicted molar refractivity (Wildman–Crippen MR) is 69.3 cm³/mol. The molecule has 2 nitrogen and oxygen atoms in total. The molecule has 0 bridgehead atoms. The second kappa shape index (κ2) is 6.57. The van der Waals surface area contributed by atoms with Crippen molar-refractivity contribution in [3.63, 3.8) is 0 Å². The standard InChI is InChI=1S/C12H11BrClNO/c1-9(16)15-7-3-2-4-10-5-6-11(13)8-12(10)14/h5-6,8H,3,7H2,1H3,(H,15,16). The molecule has 1 aromatic carbocycles. The first-order valence-corrected chi connectivity index (χ1v) is 5.95. The van der Waals surface area contributed by atoms with Gasteiger partial charge < -0.3 is 5.32 Å². The van der Waals surface area contributed by atoms with Gasteiger partial charge in [0.15, 0.2) is 0 Å². The first-order chi connectivity index (χ1) is 7.59. The van der Waals surface area contributed by atoms with Crippen molar-refractivity contribution in [1.82, 2.24) is 5.32 Å². The van der Waals surface area contributed by atoms with Crippen molar-refractivity contribution in [3.8, 4) is 11.8 Å². The number of hydrogen-bond acceptors (Lipinski definition) is 1. The first-order valence-electron chi connectivity index (χ1n) is 4.78. The van der Waals surface area contributed by atoms with E-state index in [0.29, 0.717) is 18.0 Å². The molecule has 1 N–H and O–H groups in total. The average Bonchev–Trinajstić information content (AvgIpc) is 2.20. The van der Waals surface area contributed by atoms with Crippen molar-refractivity contribution in [1.29, 1.82) is 0 Å². The number of rotatable bonds is 2. The van der Waals surface area contributed by atoms with Crippen LogP contribution in [0.4, 0.5) is 0 Å². The van der Waals surface area contributed by atoms with E-state index in [0.717, 1.165) is 10.0 Å². The lowest BCUT2D eigenvalue weighted by Crippen LogP contribution is -2.20. The molecule has 84 valence electrons. The number of benzene rings is 1. The summed E-state index contributed by atoms with van der Waals surface area (Å²) < 4.78 is 0.932. The summed E-state index contributed by atoms with van der Waals surface area (Å²) in [5.74, 6) is 5.87. The minimum Gasteiger partial charge on any atom is -0.355 e. The molecule has 0 heterocycles. The van der Waals surface area contributed by atoms with Crippen molar-refractivity contribution < 1.29 is 4.79 Å². The lowest BCUT2D eigenvalue weighted by Gasteiger charge is -1.97. The van der Waals surface area contributed by atoms with Gasteiger partial charge in [0.1, 0.15) is 0 Å². The quantitative estimate of drug-likeness (QED) is 0.660. The molecule has 0 radical (unpaired) electrons. The maximum absolute atomic E-state index is 10.6. The Balaban J connectivity index is 2.53. The summed E-state index contributed by atoms with van der Waals surface area (Å²) in [6, 6.07) is 5.56. The number of halogens is 2. The maximum atomic E-state index is 10.6.